The molecule has 13 N–H and O–H groups in total. The zero-order chi connectivity index (χ0) is 94.9. The zero-order valence-corrected chi connectivity index (χ0v) is 77.9. The molecule has 0 aliphatic carbocycles. The Morgan fingerprint density at radius 3 is 1.02 bits per heavy atom. The van der Waals surface area contributed by atoms with E-state index < -0.39 is 65.9 Å². The minimum absolute atomic E-state index is 0.0177. The molecule has 9 aromatic rings. The van der Waals surface area contributed by atoms with E-state index in [0.717, 1.165) is 66.9 Å². The molecule has 0 fully saturated rings. The van der Waals surface area contributed by atoms with E-state index in [0.29, 0.717) is 98.7 Å². The molecule has 35 nitrogen and oxygen atoms in total. The number of benzene rings is 6. The number of nitrogens with one attached hydrogen (secondary N) is 13. The molecule has 3 aliphatic rings. The number of rotatable bonds is 45. The number of anilines is 3. The summed E-state index contributed by atoms with van der Waals surface area (Å²) in [5.74, 6) is -2.46. The number of imidazole rings is 3. The molecule has 8 atom stereocenters. The molecular formula is C98H128N22O13. The van der Waals surface area contributed by atoms with Crippen molar-refractivity contribution in [2.24, 2.45) is 5.92 Å². The van der Waals surface area contributed by atoms with Gasteiger partial charge in [-0.05, 0) is 199 Å². The molecule has 1 unspecified atom stereocenters. The lowest BCUT2D eigenvalue weighted by atomic mass is 10.0. The minimum atomic E-state index is -1.23. The lowest BCUT2D eigenvalue weighted by Gasteiger charge is -2.24. The smallest absolute Gasteiger partial charge is 0.254 e. The Kier molecular flexibility index (Phi) is 34.6. The van der Waals surface area contributed by atoms with Gasteiger partial charge in [0.2, 0.25) is 59.1 Å². The second-order valence-electron chi connectivity index (χ2n) is 35.4. The van der Waals surface area contributed by atoms with E-state index >= 15 is 0 Å². The molecule has 12 rings (SSSR count). The first-order valence-electron chi connectivity index (χ1n) is 46.6. The van der Waals surface area contributed by atoms with Crippen LogP contribution in [-0.4, -0.2) is 239 Å². The number of aromatic amines is 3. The van der Waals surface area contributed by atoms with Gasteiger partial charge in [-0.25, -0.2) is 15.0 Å². The number of hydrogen-bond donors (Lipinski definition) is 13. The van der Waals surface area contributed by atoms with E-state index in [2.05, 4.69) is 83.1 Å². The SMILES string of the molecule is CCC1Nc2ccc(C(=O)N(C)Cc3nc4ccccc4[nH]3)cc2CN(CCCNC(=O)CC[C@@H](C)NC(=O)CC[C@H](C)C(=O)N[C@@H](CCC(=O)N[C@H](C)CCC(=O)NCCCN2Cc3cc(C(=O)N(C)Cc4nc5ccccc5[nH]4)ccc3N[C@@H](CC)C2=O)C(=O)N[C@H](C)CCC(=O)NCCCN2Cc3cc(C(=O)N(C)Cc4nc5ccccc5[nH]4)ccc3N[C@@H](CC)C2=O)C1=O. The summed E-state index contributed by atoms with van der Waals surface area (Å²) in [7, 11) is 5.15. The summed E-state index contributed by atoms with van der Waals surface area (Å²) < 4.78 is 0. The quantitative estimate of drug-likeness (QED) is 0.0158. The van der Waals surface area contributed by atoms with Crippen LogP contribution in [0.5, 0.6) is 0 Å². The number of carbonyl (C=O) groups excluding carboxylic acids is 13. The number of para-hydroxylation sites is 6. The summed E-state index contributed by atoms with van der Waals surface area (Å²) in [6.45, 7) is 16.0. The van der Waals surface area contributed by atoms with Gasteiger partial charge in [0.25, 0.3) is 17.7 Å². The Labute approximate surface area is 775 Å². The molecule has 0 bridgehead atoms. The fourth-order valence-electron chi connectivity index (χ4n) is 16.8. The molecular weight excluding hydrogens is 1690 g/mol. The first kappa shape index (κ1) is 98.3. The lowest BCUT2D eigenvalue weighted by molar-refractivity contribution is -0.133. The van der Waals surface area contributed by atoms with Crippen LogP contribution in [0, 0.1) is 5.92 Å². The van der Waals surface area contributed by atoms with Crippen LogP contribution < -0.4 is 53.2 Å². The highest BCUT2D eigenvalue weighted by Gasteiger charge is 2.35. The van der Waals surface area contributed by atoms with Crippen LogP contribution in [0.1, 0.15) is 216 Å². The first-order chi connectivity index (χ1) is 64.0. The third kappa shape index (κ3) is 27.2. The maximum atomic E-state index is 14.3. The Hall–Kier alpha value is -13.8. The average Bonchev–Trinajstić information content (AvgIpc) is 1.76. The summed E-state index contributed by atoms with van der Waals surface area (Å²) in [6, 6.07) is 35.0. The average molecular weight is 1820 g/mol. The molecule has 3 aliphatic heterocycles. The largest absolute Gasteiger partial charge is 0.373 e. The number of fused-ring (bicyclic) bond motifs is 6. The van der Waals surface area contributed by atoms with Crippen molar-refractivity contribution in [3.8, 4) is 0 Å². The van der Waals surface area contributed by atoms with Gasteiger partial charge in [0.1, 0.15) is 41.6 Å². The Balaban J connectivity index is 0.584. The van der Waals surface area contributed by atoms with E-state index in [-0.39, 0.29) is 176 Å². The van der Waals surface area contributed by atoms with Crippen LogP contribution in [0.25, 0.3) is 33.1 Å². The van der Waals surface area contributed by atoms with Crippen LogP contribution in [0.2, 0.25) is 0 Å². The number of aromatic nitrogens is 6. The van der Waals surface area contributed by atoms with Gasteiger partial charge in [-0.3, -0.25) is 62.3 Å². The van der Waals surface area contributed by atoms with Gasteiger partial charge in [0.05, 0.1) is 52.7 Å². The molecule has 0 saturated heterocycles. The molecule has 0 saturated carbocycles. The molecule has 6 heterocycles. The third-order valence-corrected chi connectivity index (χ3v) is 24.6. The molecule has 3 aromatic heterocycles. The minimum Gasteiger partial charge on any atom is -0.373 e. The first-order valence-corrected chi connectivity index (χ1v) is 46.6. The Morgan fingerprint density at radius 1 is 0.383 bits per heavy atom. The van der Waals surface area contributed by atoms with Gasteiger partial charge in [-0.2, -0.15) is 0 Å². The van der Waals surface area contributed by atoms with E-state index in [4.69, 9.17) is 0 Å². The molecule has 708 valence electrons. The fourth-order valence-corrected chi connectivity index (χ4v) is 16.8. The molecule has 6 aromatic carbocycles. The highest BCUT2D eigenvalue weighted by molar-refractivity contribution is 5.98. The van der Waals surface area contributed by atoms with Crippen molar-refractivity contribution in [2.75, 3.05) is 76.4 Å². The van der Waals surface area contributed by atoms with E-state index in [1.807, 2.05) is 130 Å². The van der Waals surface area contributed by atoms with Crippen molar-refractivity contribution >= 4 is 127 Å². The van der Waals surface area contributed by atoms with Crippen LogP contribution >= 0.6 is 0 Å². The van der Waals surface area contributed by atoms with Gasteiger partial charge in [0.15, 0.2) is 0 Å². The number of amides is 13. The van der Waals surface area contributed by atoms with Crippen LogP contribution in [0.15, 0.2) is 127 Å². The Morgan fingerprint density at radius 2 is 0.692 bits per heavy atom. The van der Waals surface area contributed by atoms with E-state index in [1.54, 1.807) is 96.4 Å². The number of H-pyrrole nitrogens is 3. The van der Waals surface area contributed by atoms with E-state index in [9.17, 15) is 62.3 Å². The highest BCUT2D eigenvalue weighted by atomic mass is 16.2. The van der Waals surface area contributed by atoms with E-state index in [1.165, 1.54) is 0 Å². The Bertz CT molecular complexity index is 5570. The summed E-state index contributed by atoms with van der Waals surface area (Å²) in [4.78, 5) is 212. The van der Waals surface area contributed by atoms with Gasteiger partial charge in [0, 0.05) is 170 Å². The predicted octanol–water partition coefficient (Wildman–Crippen LogP) is 9.19. The van der Waals surface area contributed by atoms with Crippen molar-refractivity contribution in [3.63, 3.8) is 0 Å². The van der Waals surface area contributed by atoms with Crippen molar-refractivity contribution in [3.05, 3.63) is 178 Å². The highest BCUT2D eigenvalue weighted by Crippen LogP contribution is 2.31. The normalized spacial score (nSPS) is 15.9. The maximum absolute atomic E-state index is 14.3. The maximum Gasteiger partial charge on any atom is 0.254 e. The standard InChI is InChI=1S/C98H128N22O13/c1-11-70-96(131)118(54-67-51-64(33-36-73(67)105-70)93(128)115(8)57-83-108-76-23-14-15-24-77(76)109-83)48-20-45-99-86(121)41-30-61(5)102-89(124)40-29-60(4)91(126)114-82(92(127)104-63(7)32-43-88(123)101-47-22-50-120-56-69-53-66(35-38-75(69)107-72(13-3)98(120)133)95(130)117(10)59-85-112-80-27-18-19-28-81(80)113-85)39-44-90(125)103-62(6)31-42-87(122)100-46-21-49-119-55-68-52-65(34-37-74(68)106-71(12-2)97(119)132)94(129)116(9)58-84-110-78-25-16-17-26-79(78)111-84/h14-19,23-28,33-38,51-53,60-63,70-72,82,105-107H,11-13,20-22,29-32,39-50,54-59H2,1-10H3,(H,99,121)(H,100,122)(H,101,123)(H,102,124)(H,103,125)(H,104,127)(H,108,109)(H,110,111)(H,112,113)(H,114,126)/t60-,61+,62+,63+,70?,71-,72-,82-/m0/s1. The summed E-state index contributed by atoms with van der Waals surface area (Å²) in [6.07, 6.45) is 3.55. The number of nitrogens with zero attached hydrogens (tertiary/aromatic N) is 9. The third-order valence-electron chi connectivity index (χ3n) is 24.6. The van der Waals surface area contributed by atoms with Crippen molar-refractivity contribution in [2.45, 2.75) is 233 Å². The van der Waals surface area contributed by atoms with Gasteiger partial charge >= 0.3 is 0 Å². The van der Waals surface area contributed by atoms with Gasteiger partial charge in [-0.1, -0.05) is 64.1 Å². The number of hydrogen-bond acceptors (Lipinski definition) is 19. The number of carbonyl (C=O) groups is 13. The molecule has 0 spiro atoms. The lowest BCUT2D eigenvalue weighted by Crippen LogP contribution is -2.51. The second kappa shape index (κ2) is 46.9. The molecule has 0 radical (unpaired) electrons. The zero-order valence-electron chi connectivity index (χ0n) is 77.9. The fraction of sp³-hybridized carbons (Fsp3) is 0.469. The summed E-state index contributed by atoms with van der Waals surface area (Å²) >= 11 is 0. The molecule has 13 amide bonds. The predicted molar refractivity (Wildman–Crippen MR) is 507 cm³/mol. The molecule has 133 heavy (non-hydrogen) atoms. The monoisotopic (exact) mass is 1820 g/mol. The van der Waals surface area contributed by atoms with Crippen LogP contribution in [0.4, 0.5) is 17.1 Å². The van der Waals surface area contributed by atoms with Crippen molar-refractivity contribution < 1.29 is 62.3 Å². The summed E-state index contributed by atoms with van der Waals surface area (Å²) in [5, 5.41) is 30.5. The van der Waals surface area contributed by atoms with Crippen molar-refractivity contribution in [1.82, 2.24) is 96.5 Å². The molecule has 35 heteroatoms. The topological polar surface area (TPSA) is 448 Å². The van der Waals surface area contributed by atoms with Crippen LogP contribution in [-0.2, 0) is 87.2 Å². The van der Waals surface area contributed by atoms with Crippen molar-refractivity contribution in [1.29, 1.82) is 0 Å². The van der Waals surface area contributed by atoms with Gasteiger partial charge < -0.3 is 97.5 Å². The van der Waals surface area contributed by atoms with Crippen LogP contribution in [0.3, 0.4) is 0 Å². The summed E-state index contributed by atoms with van der Waals surface area (Å²) in [5.41, 5.74) is 11.1. The van der Waals surface area contributed by atoms with Gasteiger partial charge in [-0.15, -0.1) is 0 Å². The second-order valence-corrected chi connectivity index (χ2v) is 35.4.